The molecule has 0 radical (unpaired) electrons. The second-order valence-corrected chi connectivity index (χ2v) is 9.01. The smallest absolute Gasteiger partial charge is 0.127 e. The van der Waals surface area contributed by atoms with Gasteiger partial charge in [-0.1, -0.05) is 76.2 Å². The van der Waals surface area contributed by atoms with Crippen molar-refractivity contribution in [1.82, 2.24) is 9.88 Å². The Bertz CT molecular complexity index is 975. The van der Waals surface area contributed by atoms with E-state index in [0.29, 0.717) is 12.0 Å². The standard InChI is InChI=1S/C29H38N2O/c1-7-22-15-12-16-23(8-2)29(22)26-18-28(32-6)25(19-30-26)20-31(5)27(17-21(3)4)24-13-10-9-11-14-24/h9-16,18-19,21,27H,7-8,17,20H2,1-6H3. The monoisotopic (exact) mass is 430 g/mol. The first-order valence-corrected chi connectivity index (χ1v) is 11.9. The van der Waals surface area contributed by atoms with Crippen LogP contribution in [0.4, 0.5) is 0 Å². The molecular weight excluding hydrogens is 392 g/mol. The summed E-state index contributed by atoms with van der Waals surface area (Å²) in [7, 11) is 3.97. The van der Waals surface area contributed by atoms with Gasteiger partial charge in [0.05, 0.1) is 12.8 Å². The number of ether oxygens (including phenoxy) is 1. The fourth-order valence-electron chi connectivity index (χ4n) is 4.55. The molecule has 0 aliphatic rings. The van der Waals surface area contributed by atoms with Crippen LogP contribution in [-0.4, -0.2) is 24.0 Å². The second-order valence-electron chi connectivity index (χ2n) is 9.01. The number of methoxy groups -OCH3 is 1. The molecule has 0 aliphatic heterocycles. The predicted octanol–water partition coefficient (Wildman–Crippen LogP) is 7.10. The second kappa shape index (κ2) is 11.3. The molecule has 170 valence electrons. The van der Waals surface area contributed by atoms with Crippen molar-refractivity contribution in [3.8, 4) is 17.0 Å². The molecule has 0 bridgehead atoms. The maximum atomic E-state index is 5.86. The van der Waals surface area contributed by atoms with Gasteiger partial charge >= 0.3 is 0 Å². The molecule has 1 heterocycles. The Morgan fingerprint density at radius 3 is 2.12 bits per heavy atom. The van der Waals surface area contributed by atoms with E-state index in [2.05, 4.69) is 94.2 Å². The number of aromatic nitrogens is 1. The normalized spacial score (nSPS) is 12.4. The third kappa shape index (κ3) is 5.58. The maximum Gasteiger partial charge on any atom is 0.127 e. The molecular formula is C29H38N2O. The highest BCUT2D eigenvalue weighted by Crippen LogP contribution is 2.33. The highest BCUT2D eigenvalue weighted by atomic mass is 16.5. The quantitative estimate of drug-likeness (QED) is 0.343. The molecule has 3 heteroatoms. The number of aryl methyl sites for hydroxylation is 2. The zero-order chi connectivity index (χ0) is 23.1. The lowest BCUT2D eigenvalue weighted by atomic mass is 9.94. The van der Waals surface area contributed by atoms with Crippen LogP contribution in [0, 0.1) is 5.92 Å². The van der Waals surface area contributed by atoms with Gasteiger partial charge in [0.1, 0.15) is 5.75 Å². The predicted molar refractivity (Wildman–Crippen MR) is 135 cm³/mol. The summed E-state index contributed by atoms with van der Waals surface area (Å²) >= 11 is 0. The number of pyridine rings is 1. The summed E-state index contributed by atoms with van der Waals surface area (Å²) in [6, 6.07) is 19.9. The highest BCUT2D eigenvalue weighted by molar-refractivity contribution is 5.69. The van der Waals surface area contributed by atoms with Crippen molar-refractivity contribution >= 4 is 0 Å². The Hall–Kier alpha value is -2.65. The van der Waals surface area contributed by atoms with E-state index in [1.165, 1.54) is 22.3 Å². The minimum Gasteiger partial charge on any atom is -0.496 e. The lowest BCUT2D eigenvalue weighted by Gasteiger charge is -2.30. The van der Waals surface area contributed by atoms with Gasteiger partial charge in [-0.25, -0.2) is 0 Å². The molecule has 32 heavy (non-hydrogen) atoms. The SMILES string of the molecule is CCc1cccc(CC)c1-c1cc(OC)c(CN(C)C(CC(C)C)c2ccccc2)cn1. The van der Waals surface area contributed by atoms with Crippen molar-refractivity contribution < 1.29 is 4.74 Å². The van der Waals surface area contributed by atoms with Crippen LogP contribution in [0.2, 0.25) is 0 Å². The molecule has 0 aliphatic carbocycles. The molecule has 0 saturated carbocycles. The molecule has 0 spiro atoms. The van der Waals surface area contributed by atoms with Crippen LogP contribution in [-0.2, 0) is 19.4 Å². The van der Waals surface area contributed by atoms with E-state index in [-0.39, 0.29) is 0 Å². The van der Waals surface area contributed by atoms with E-state index in [0.717, 1.165) is 42.8 Å². The summed E-state index contributed by atoms with van der Waals surface area (Å²) in [6.07, 6.45) is 5.10. The Labute approximate surface area is 194 Å². The number of hydrogen-bond acceptors (Lipinski definition) is 3. The summed E-state index contributed by atoms with van der Waals surface area (Å²) in [4.78, 5) is 7.34. The molecule has 1 atom stereocenters. The van der Waals surface area contributed by atoms with Crippen molar-refractivity contribution in [1.29, 1.82) is 0 Å². The zero-order valence-electron chi connectivity index (χ0n) is 20.6. The van der Waals surface area contributed by atoms with Gasteiger partial charge in [0, 0.05) is 36.0 Å². The van der Waals surface area contributed by atoms with Gasteiger partial charge in [-0.2, -0.15) is 0 Å². The van der Waals surface area contributed by atoms with Gasteiger partial charge in [-0.3, -0.25) is 9.88 Å². The third-order valence-corrected chi connectivity index (χ3v) is 6.25. The van der Waals surface area contributed by atoms with E-state index in [4.69, 9.17) is 9.72 Å². The number of rotatable bonds is 10. The minimum absolute atomic E-state index is 0.355. The molecule has 2 aromatic carbocycles. The summed E-state index contributed by atoms with van der Waals surface area (Å²) in [5, 5.41) is 0. The molecule has 1 unspecified atom stereocenters. The third-order valence-electron chi connectivity index (χ3n) is 6.25. The topological polar surface area (TPSA) is 25.4 Å². The number of benzene rings is 2. The molecule has 3 aromatic rings. The van der Waals surface area contributed by atoms with E-state index in [1.807, 2.05) is 6.20 Å². The van der Waals surface area contributed by atoms with Crippen LogP contribution in [0.1, 0.15) is 62.4 Å². The van der Waals surface area contributed by atoms with Crippen LogP contribution < -0.4 is 4.74 Å². The Morgan fingerprint density at radius 2 is 1.56 bits per heavy atom. The Kier molecular flexibility index (Phi) is 8.46. The molecule has 3 nitrogen and oxygen atoms in total. The fraction of sp³-hybridized carbons (Fsp3) is 0.414. The van der Waals surface area contributed by atoms with E-state index in [9.17, 15) is 0 Å². The van der Waals surface area contributed by atoms with Gasteiger partial charge in [0.2, 0.25) is 0 Å². The first kappa shape index (κ1) is 24.0. The fourth-order valence-corrected chi connectivity index (χ4v) is 4.55. The maximum absolute atomic E-state index is 5.86. The van der Waals surface area contributed by atoms with Crippen molar-refractivity contribution in [2.75, 3.05) is 14.2 Å². The van der Waals surface area contributed by atoms with Crippen molar-refractivity contribution in [2.45, 2.75) is 59.5 Å². The minimum atomic E-state index is 0.355. The summed E-state index contributed by atoms with van der Waals surface area (Å²) in [6.45, 7) is 9.78. The first-order chi connectivity index (χ1) is 15.5. The lowest BCUT2D eigenvalue weighted by Crippen LogP contribution is -2.26. The average molecular weight is 431 g/mol. The molecule has 3 rings (SSSR count). The Balaban J connectivity index is 1.93. The van der Waals surface area contributed by atoms with Crippen LogP contribution in [0.3, 0.4) is 0 Å². The van der Waals surface area contributed by atoms with Crippen molar-refractivity contribution in [2.24, 2.45) is 5.92 Å². The first-order valence-electron chi connectivity index (χ1n) is 11.9. The molecule has 0 fully saturated rings. The summed E-state index contributed by atoms with van der Waals surface area (Å²) in [5.41, 5.74) is 7.42. The van der Waals surface area contributed by atoms with Crippen molar-refractivity contribution in [3.63, 3.8) is 0 Å². The molecule has 0 N–H and O–H groups in total. The van der Waals surface area contributed by atoms with Crippen LogP contribution in [0.15, 0.2) is 60.8 Å². The van der Waals surface area contributed by atoms with Gasteiger partial charge in [-0.15, -0.1) is 0 Å². The highest BCUT2D eigenvalue weighted by Gasteiger charge is 2.21. The van der Waals surface area contributed by atoms with Crippen LogP contribution >= 0.6 is 0 Å². The zero-order valence-corrected chi connectivity index (χ0v) is 20.6. The van der Waals surface area contributed by atoms with E-state index in [1.54, 1.807) is 7.11 Å². The largest absolute Gasteiger partial charge is 0.496 e. The summed E-state index contributed by atoms with van der Waals surface area (Å²) < 4.78 is 5.86. The average Bonchev–Trinajstić information content (AvgIpc) is 2.82. The molecule has 0 amide bonds. The van der Waals surface area contributed by atoms with Crippen LogP contribution in [0.25, 0.3) is 11.3 Å². The number of nitrogens with zero attached hydrogens (tertiary/aromatic N) is 2. The number of hydrogen-bond donors (Lipinski definition) is 0. The van der Waals surface area contributed by atoms with E-state index < -0.39 is 0 Å². The molecule has 1 aromatic heterocycles. The molecule has 0 saturated heterocycles. The van der Waals surface area contributed by atoms with Gasteiger partial charge in [0.25, 0.3) is 0 Å². The Morgan fingerprint density at radius 1 is 0.906 bits per heavy atom. The van der Waals surface area contributed by atoms with E-state index >= 15 is 0 Å². The summed E-state index contributed by atoms with van der Waals surface area (Å²) in [5.74, 6) is 1.52. The lowest BCUT2D eigenvalue weighted by molar-refractivity contribution is 0.204. The van der Waals surface area contributed by atoms with Crippen LogP contribution in [0.5, 0.6) is 5.75 Å². The van der Waals surface area contributed by atoms with Gasteiger partial charge in [-0.05, 0) is 48.9 Å². The van der Waals surface area contributed by atoms with Gasteiger partial charge in [0.15, 0.2) is 0 Å². The van der Waals surface area contributed by atoms with Gasteiger partial charge < -0.3 is 4.74 Å². The van der Waals surface area contributed by atoms with Crippen molar-refractivity contribution in [3.05, 3.63) is 83.0 Å².